The Labute approximate surface area is 96.9 Å². The van der Waals surface area contributed by atoms with Crippen LogP contribution in [-0.4, -0.2) is 29.6 Å². The molecule has 2 rings (SSSR count). The second-order valence-electron chi connectivity index (χ2n) is 5.14. The van der Waals surface area contributed by atoms with Gasteiger partial charge in [0.2, 0.25) is 5.95 Å². The molecule has 1 aliphatic heterocycles. The standard InChI is InChI=1S/C12H20N4/c1-9-6-10(2)15-11(14-9)16-5-4-12(3,7-13)8-16/h6H,4-5,7-8,13H2,1-3H3. The lowest BCUT2D eigenvalue weighted by atomic mass is 9.90. The fourth-order valence-electron chi connectivity index (χ4n) is 2.21. The summed E-state index contributed by atoms with van der Waals surface area (Å²) >= 11 is 0. The summed E-state index contributed by atoms with van der Waals surface area (Å²) in [6, 6.07) is 2.00. The van der Waals surface area contributed by atoms with Crippen LogP contribution >= 0.6 is 0 Å². The van der Waals surface area contributed by atoms with Crippen LogP contribution in [-0.2, 0) is 0 Å². The van der Waals surface area contributed by atoms with E-state index in [1.807, 2.05) is 19.9 Å². The number of aryl methyl sites for hydroxylation is 2. The second-order valence-corrected chi connectivity index (χ2v) is 5.14. The number of hydrogen-bond acceptors (Lipinski definition) is 4. The first-order valence-corrected chi connectivity index (χ1v) is 5.80. The number of aromatic nitrogens is 2. The summed E-state index contributed by atoms with van der Waals surface area (Å²) < 4.78 is 0. The highest BCUT2D eigenvalue weighted by molar-refractivity contribution is 5.34. The molecule has 1 unspecified atom stereocenters. The van der Waals surface area contributed by atoms with Gasteiger partial charge < -0.3 is 10.6 Å². The molecule has 4 nitrogen and oxygen atoms in total. The van der Waals surface area contributed by atoms with Gasteiger partial charge in [0.05, 0.1) is 0 Å². The van der Waals surface area contributed by atoms with Crippen LogP contribution in [0.1, 0.15) is 24.7 Å². The van der Waals surface area contributed by atoms with E-state index in [0.717, 1.165) is 43.4 Å². The lowest BCUT2D eigenvalue weighted by molar-refractivity contribution is 0.383. The van der Waals surface area contributed by atoms with Gasteiger partial charge in [-0.3, -0.25) is 0 Å². The molecule has 1 aromatic rings. The van der Waals surface area contributed by atoms with Gasteiger partial charge in [-0.25, -0.2) is 9.97 Å². The van der Waals surface area contributed by atoms with E-state index in [9.17, 15) is 0 Å². The van der Waals surface area contributed by atoms with Crippen LogP contribution in [0, 0.1) is 19.3 Å². The van der Waals surface area contributed by atoms with E-state index < -0.39 is 0 Å². The first-order valence-electron chi connectivity index (χ1n) is 5.80. The SMILES string of the molecule is Cc1cc(C)nc(N2CCC(C)(CN)C2)n1. The van der Waals surface area contributed by atoms with Crippen LogP contribution in [0.25, 0.3) is 0 Å². The number of hydrogen-bond donors (Lipinski definition) is 1. The van der Waals surface area contributed by atoms with Crippen molar-refractivity contribution in [2.45, 2.75) is 27.2 Å². The molecule has 0 aromatic carbocycles. The molecule has 0 spiro atoms. The summed E-state index contributed by atoms with van der Waals surface area (Å²) in [7, 11) is 0. The van der Waals surface area contributed by atoms with Gasteiger partial charge in [-0.1, -0.05) is 6.92 Å². The topological polar surface area (TPSA) is 55.0 Å². The van der Waals surface area contributed by atoms with Crippen molar-refractivity contribution in [1.82, 2.24) is 9.97 Å². The summed E-state index contributed by atoms with van der Waals surface area (Å²) in [4.78, 5) is 11.2. The molecule has 2 N–H and O–H groups in total. The Hall–Kier alpha value is -1.16. The second kappa shape index (κ2) is 4.01. The van der Waals surface area contributed by atoms with Gasteiger partial charge in [0.1, 0.15) is 0 Å². The van der Waals surface area contributed by atoms with E-state index >= 15 is 0 Å². The monoisotopic (exact) mass is 220 g/mol. The molecule has 16 heavy (non-hydrogen) atoms. The normalized spacial score (nSPS) is 25.1. The quantitative estimate of drug-likeness (QED) is 0.815. The Morgan fingerprint density at radius 1 is 1.38 bits per heavy atom. The van der Waals surface area contributed by atoms with E-state index in [0.29, 0.717) is 0 Å². The first-order chi connectivity index (χ1) is 7.52. The highest BCUT2D eigenvalue weighted by Crippen LogP contribution is 2.30. The van der Waals surface area contributed by atoms with E-state index in [-0.39, 0.29) is 5.41 Å². The molecule has 4 heteroatoms. The average molecular weight is 220 g/mol. The van der Waals surface area contributed by atoms with Crippen molar-refractivity contribution >= 4 is 5.95 Å². The number of nitrogens with zero attached hydrogens (tertiary/aromatic N) is 3. The predicted molar refractivity (Wildman–Crippen MR) is 65.5 cm³/mol. The van der Waals surface area contributed by atoms with Gasteiger partial charge in [-0.15, -0.1) is 0 Å². The van der Waals surface area contributed by atoms with Gasteiger partial charge >= 0.3 is 0 Å². The van der Waals surface area contributed by atoms with Crippen molar-refractivity contribution in [2.75, 3.05) is 24.5 Å². The van der Waals surface area contributed by atoms with Crippen LogP contribution in [0.4, 0.5) is 5.95 Å². The molecular formula is C12H20N4. The van der Waals surface area contributed by atoms with E-state index in [4.69, 9.17) is 5.73 Å². The Kier molecular flexibility index (Phi) is 2.84. The maximum atomic E-state index is 5.80. The molecule has 0 radical (unpaired) electrons. The molecule has 0 amide bonds. The average Bonchev–Trinajstić information content (AvgIpc) is 2.61. The highest BCUT2D eigenvalue weighted by Gasteiger charge is 2.33. The van der Waals surface area contributed by atoms with Crippen LogP contribution in [0.15, 0.2) is 6.07 Å². The van der Waals surface area contributed by atoms with Gasteiger partial charge in [0, 0.05) is 24.5 Å². The summed E-state index contributed by atoms with van der Waals surface area (Å²) in [6.45, 7) is 8.96. The maximum Gasteiger partial charge on any atom is 0.225 e. The number of anilines is 1. The molecule has 1 atom stereocenters. The molecular weight excluding hydrogens is 200 g/mol. The largest absolute Gasteiger partial charge is 0.340 e. The van der Waals surface area contributed by atoms with Crippen molar-refractivity contribution in [3.05, 3.63) is 17.5 Å². The van der Waals surface area contributed by atoms with Crippen molar-refractivity contribution < 1.29 is 0 Å². The summed E-state index contributed by atoms with van der Waals surface area (Å²) in [6.07, 6.45) is 1.12. The predicted octanol–water partition coefficient (Wildman–Crippen LogP) is 1.27. The van der Waals surface area contributed by atoms with E-state index in [1.165, 1.54) is 0 Å². The molecule has 88 valence electrons. The highest BCUT2D eigenvalue weighted by atomic mass is 15.3. The fraction of sp³-hybridized carbons (Fsp3) is 0.667. The van der Waals surface area contributed by atoms with Crippen LogP contribution < -0.4 is 10.6 Å². The van der Waals surface area contributed by atoms with Crippen LogP contribution in [0.5, 0.6) is 0 Å². The first kappa shape index (κ1) is 11.3. The minimum absolute atomic E-state index is 0.223. The zero-order valence-electron chi connectivity index (χ0n) is 10.3. The van der Waals surface area contributed by atoms with Crippen molar-refractivity contribution in [3.8, 4) is 0 Å². The third-order valence-electron chi connectivity index (χ3n) is 3.30. The third-order valence-corrected chi connectivity index (χ3v) is 3.30. The molecule has 1 aromatic heterocycles. The molecule has 1 saturated heterocycles. The Bertz CT molecular complexity index is 370. The van der Waals surface area contributed by atoms with Gasteiger partial charge in [-0.2, -0.15) is 0 Å². The van der Waals surface area contributed by atoms with E-state index in [1.54, 1.807) is 0 Å². The minimum atomic E-state index is 0.223. The smallest absolute Gasteiger partial charge is 0.225 e. The Balaban J connectivity index is 2.20. The zero-order valence-corrected chi connectivity index (χ0v) is 10.3. The summed E-state index contributed by atoms with van der Waals surface area (Å²) in [5.41, 5.74) is 8.09. The van der Waals surface area contributed by atoms with Gasteiger partial charge in [0.15, 0.2) is 0 Å². The third kappa shape index (κ3) is 2.16. The van der Waals surface area contributed by atoms with E-state index in [2.05, 4.69) is 21.8 Å². The van der Waals surface area contributed by atoms with Gasteiger partial charge in [0.25, 0.3) is 0 Å². The minimum Gasteiger partial charge on any atom is -0.340 e. The lowest BCUT2D eigenvalue weighted by Crippen LogP contribution is -2.32. The summed E-state index contributed by atoms with van der Waals surface area (Å²) in [5.74, 6) is 0.856. The van der Waals surface area contributed by atoms with Crippen molar-refractivity contribution in [1.29, 1.82) is 0 Å². The van der Waals surface area contributed by atoms with Crippen molar-refractivity contribution in [3.63, 3.8) is 0 Å². The lowest BCUT2D eigenvalue weighted by Gasteiger charge is -2.22. The maximum absolute atomic E-state index is 5.80. The Morgan fingerprint density at radius 3 is 2.50 bits per heavy atom. The molecule has 2 heterocycles. The van der Waals surface area contributed by atoms with Crippen LogP contribution in [0.2, 0.25) is 0 Å². The molecule has 1 fully saturated rings. The molecule has 0 saturated carbocycles. The summed E-state index contributed by atoms with van der Waals surface area (Å²) in [5, 5.41) is 0. The van der Waals surface area contributed by atoms with Gasteiger partial charge in [-0.05, 0) is 38.3 Å². The number of nitrogens with two attached hydrogens (primary N) is 1. The van der Waals surface area contributed by atoms with Crippen LogP contribution in [0.3, 0.4) is 0 Å². The zero-order chi connectivity index (χ0) is 11.8. The molecule has 0 aliphatic carbocycles. The number of rotatable bonds is 2. The van der Waals surface area contributed by atoms with Crippen molar-refractivity contribution in [2.24, 2.45) is 11.1 Å². The molecule has 1 aliphatic rings. The Morgan fingerprint density at radius 2 is 2.00 bits per heavy atom. The fourth-order valence-corrected chi connectivity index (χ4v) is 2.21. The molecule has 0 bridgehead atoms.